The van der Waals surface area contributed by atoms with Crippen molar-refractivity contribution in [2.45, 2.75) is 45.9 Å². The minimum absolute atomic E-state index is 0.254. The Morgan fingerprint density at radius 3 is 2.37 bits per heavy atom. The summed E-state index contributed by atoms with van der Waals surface area (Å²) in [6.45, 7) is 7.82. The molecule has 1 unspecified atom stereocenters. The van der Waals surface area contributed by atoms with E-state index in [9.17, 15) is 9.90 Å². The zero-order valence-corrected chi connectivity index (χ0v) is 12.1. The van der Waals surface area contributed by atoms with Crippen molar-refractivity contribution in [3.05, 3.63) is 35.9 Å². The highest BCUT2D eigenvalue weighted by Gasteiger charge is 2.23. The molecule has 0 aliphatic carbocycles. The molecular formula is C15H23NO3. The van der Waals surface area contributed by atoms with Crippen LogP contribution < -0.4 is 0 Å². The highest BCUT2D eigenvalue weighted by molar-refractivity contribution is 5.68. The van der Waals surface area contributed by atoms with Crippen LogP contribution in [0.15, 0.2) is 30.3 Å². The molecular weight excluding hydrogens is 242 g/mol. The van der Waals surface area contributed by atoms with Gasteiger partial charge in [-0.3, -0.25) is 0 Å². The zero-order chi connectivity index (χ0) is 14.5. The van der Waals surface area contributed by atoms with E-state index in [4.69, 9.17) is 4.74 Å². The second-order valence-corrected chi connectivity index (χ2v) is 5.70. The number of hydrogen-bond donors (Lipinski definition) is 1. The molecule has 0 heterocycles. The maximum Gasteiger partial charge on any atom is 0.410 e. The first-order valence-corrected chi connectivity index (χ1v) is 6.48. The third-order valence-electron chi connectivity index (χ3n) is 2.35. The molecule has 1 rings (SSSR count). The van der Waals surface area contributed by atoms with Crippen LogP contribution in [0.3, 0.4) is 0 Å². The van der Waals surface area contributed by atoms with E-state index in [-0.39, 0.29) is 6.54 Å². The third-order valence-corrected chi connectivity index (χ3v) is 2.35. The van der Waals surface area contributed by atoms with E-state index in [0.29, 0.717) is 6.54 Å². The minimum Gasteiger partial charge on any atom is -0.444 e. The van der Waals surface area contributed by atoms with E-state index in [2.05, 4.69) is 0 Å². The molecule has 0 bridgehead atoms. The normalized spacial score (nSPS) is 12.9. The molecule has 0 aliphatic rings. The molecule has 4 heteroatoms. The van der Waals surface area contributed by atoms with Gasteiger partial charge in [-0.1, -0.05) is 30.3 Å². The SMILES string of the molecule is CC(O)CN(Cc1ccccc1)C(=O)OC(C)(C)C. The van der Waals surface area contributed by atoms with Gasteiger partial charge in [-0.15, -0.1) is 0 Å². The van der Waals surface area contributed by atoms with Crippen LogP contribution in [0.1, 0.15) is 33.3 Å². The lowest BCUT2D eigenvalue weighted by Crippen LogP contribution is -2.40. The molecule has 0 fully saturated rings. The molecule has 0 radical (unpaired) electrons. The van der Waals surface area contributed by atoms with Gasteiger partial charge in [-0.25, -0.2) is 4.79 Å². The van der Waals surface area contributed by atoms with Crippen LogP contribution in [-0.4, -0.2) is 34.3 Å². The van der Waals surface area contributed by atoms with E-state index in [1.54, 1.807) is 6.92 Å². The standard InChI is InChI=1S/C15H23NO3/c1-12(17)10-16(14(18)19-15(2,3)4)11-13-8-6-5-7-9-13/h5-9,12,17H,10-11H2,1-4H3. The van der Waals surface area contributed by atoms with Crippen molar-refractivity contribution >= 4 is 6.09 Å². The molecule has 1 N–H and O–H groups in total. The van der Waals surface area contributed by atoms with Crippen LogP contribution in [-0.2, 0) is 11.3 Å². The van der Waals surface area contributed by atoms with Gasteiger partial charge in [-0.05, 0) is 33.3 Å². The average Bonchev–Trinajstić information content (AvgIpc) is 2.26. The largest absolute Gasteiger partial charge is 0.444 e. The topological polar surface area (TPSA) is 49.8 Å². The molecule has 1 aromatic carbocycles. The average molecular weight is 265 g/mol. The Morgan fingerprint density at radius 1 is 1.32 bits per heavy atom. The Labute approximate surface area is 115 Å². The number of carbonyl (C=O) groups excluding carboxylic acids is 1. The van der Waals surface area contributed by atoms with Gasteiger partial charge >= 0.3 is 6.09 Å². The van der Waals surface area contributed by atoms with Crippen molar-refractivity contribution < 1.29 is 14.6 Å². The number of aliphatic hydroxyl groups is 1. The van der Waals surface area contributed by atoms with Gasteiger partial charge < -0.3 is 14.7 Å². The number of aliphatic hydroxyl groups excluding tert-OH is 1. The Balaban J connectivity index is 2.74. The van der Waals surface area contributed by atoms with E-state index < -0.39 is 17.8 Å². The first-order valence-electron chi connectivity index (χ1n) is 6.48. The summed E-state index contributed by atoms with van der Waals surface area (Å²) in [5, 5.41) is 9.50. The number of benzene rings is 1. The fourth-order valence-corrected chi connectivity index (χ4v) is 1.65. The maximum absolute atomic E-state index is 12.1. The number of amides is 1. The lowest BCUT2D eigenvalue weighted by molar-refractivity contribution is 0.0142. The summed E-state index contributed by atoms with van der Waals surface area (Å²) < 4.78 is 5.35. The smallest absolute Gasteiger partial charge is 0.410 e. The lowest BCUT2D eigenvalue weighted by atomic mass is 10.2. The summed E-state index contributed by atoms with van der Waals surface area (Å²) in [5.41, 5.74) is 0.471. The Kier molecular flexibility index (Phi) is 5.36. The van der Waals surface area contributed by atoms with Crippen LogP contribution in [0, 0.1) is 0 Å². The maximum atomic E-state index is 12.1. The van der Waals surface area contributed by atoms with E-state index in [1.165, 1.54) is 4.90 Å². The lowest BCUT2D eigenvalue weighted by Gasteiger charge is -2.28. The minimum atomic E-state index is -0.587. The Morgan fingerprint density at radius 2 is 1.89 bits per heavy atom. The molecule has 1 atom stereocenters. The number of carbonyl (C=O) groups is 1. The van der Waals surface area contributed by atoms with Gasteiger partial charge in [-0.2, -0.15) is 0 Å². The van der Waals surface area contributed by atoms with Crippen LogP contribution >= 0.6 is 0 Å². The molecule has 0 aliphatic heterocycles. The van der Waals surface area contributed by atoms with Crippen molar-refractivity contribution in [2.24, 2.45) is 0 Å². The summed E-state index contributed by atoms with van der Waals surface area (Å²) in [7, 11) is 0. The van der Waals surface area contributed by atoms with Crippen molar-refractivity contribution in [1.29, 1.82) is 0 Å². The summed E-state index contributed by atoms with van der Waals surface area (Å²) in [6.07, 6.45) is -0.992. The monoisotopic (exact) mass is 265 g/mol. The van der Waals surface area contributed by atoms with Gasteiger partial charge in [0.1, 0.15) is 5.60 Å². The third kappa shape index (κ3) is 6.25. The van der Waals surface area contributed by atoms with E-state index >= 15 is 0 Å². The highest BCUT2D eigenvalue weighted by Crippen LogP contribution is 2.13. The Hall–Kier alpha value is -1.55. The first kappa shape index (κ1) is 15.5. The van der Waals surface area contributed by atoms with Crippen LogP contribution in [0.25, 0.3) is 0 Å². The number of nitrogens with zero attached hydrogens (tertiary/aromatic N) is 1. The molecule has 0 aromatic heterocycles. The molecule has 19 heavy (non-hydrogen) atoms. The van der Waals surface area contributed by atoms with Crippen molar-refractivity contribution in [3.63, 3.8) is 0 Å². The van der Waals surface area contributed by atoms with E-state index in [0.717, 1.165) is 5.56 Å². The van der Waals surface area contributed by atoms with Crippen LogP contribution in [0.2, 0.25) is 0 Å². The van der Waals surface area contributed by atoms with Gasteiger partial charge in [0, 0.05) is 6.54 Å². The quantitative estimate of drug-likeness (QED) is 0.910. The first-order chi connectivity index (χ1) is 8.78. The van der Waals surface area contributed by atoms with Gasteiger partial charge in [0.25, 0.3) is 0 Å². The zero-order valence-electron chi connectivity index (χ0n) is 12.1. The van der Waals surface area contributed by atoms with Gasteiger partial charge in [0.05, 0.1) is 12.6 Å². The van der Waals surface area contributed by atoms with Crippen LogP contribution in [0.5, 0.6) is 0 Å². The summed E-state index contributed by atoms with van der Waals surface area (Å²) in [4.78, 5) is 13.6. The van der Waals surface area contributed by atoms with Crippen LogP contribution in [0.4, 0.5) is 4.79 Å². The van der Waals surface area contributed by atoms with Crippen molar-refractivity contribution in [2.75, 3.05) is 6.54 Å². The van der Waals surface area contributed by atoms with E-state index in [1.807, 2.05) is 51.1 Å². The molecule has 4 nitrogen and oxygen atoms in total. The highest BCUT2D eigenvalue weighted by atomic mass is 16.6. The number of ether oxygens (including phenoxy) is 1. The molecule has 1 aromatic rings. The van der Waals surface area contributed by atoms with Crippen molar-refractivity contribution in [3.8, 4) is 0 Å². The number of hydrogen-bond acceptors (Lipinski definition) is 3. The Bertz CT molecular complexity index is 396. The second kappa shape index (κ2) is 6.57. The molecule has 0 saturated carbocycles. The molecule has 106 valence electrons. The summed E-state index contributed by atoms with van der Waals surface area (Å²) in [6, 6.07) is 9.66. The molecule has 0 saturated heterocycles. The molecule has 0 spiro atoms. The second-order valence-electron chi connectivity index (χ2n) is 5.70. The van der Waals surface area contributed by atoms with Crippen molar-refractivity contribution in [1.82, 2.24) is 4.90 Å². The predicted molar refractivity (Wildman–Crippen MR) is 74.8 cm³/mol. The van der Waals surface area contributed by atoms with Gasteiger partial charge in [0.15, 0.2) is 0 Å². The predicted octanol–water partition coefficient (Wildman–Crippen LogP) is 2.80. The fraction of sp³-hybridized carbons (Fsp3) is 0.533. The number of rotatable bonds is 4. The fourth-order valence-electron chi connectivity index (χ4n) is 1.65. The summed E-state index contributed by atoms with van der Waals surface area (Å²) >= 11 is 0. The van der Waals surface area contributed by atoms with Gasteiger partial charge in [0.2, 0.25) is 0 Å². The summed E-state index contributed by atoms with van der Waals surface area (Å²) in [5.74, 6) is 0. The molecule has 1 amide bonds.